The first-order valence-electron chi connectivity index (χ1n) is 6.96. The normalized spacial score (nSPS) is 21.5. The predicted molar refractivity (Wildman–Crippen MR) is 75.8 cm³/mol. The smallest absolute Gasteiger partial charge is 0.325 e. The van der Waals surface area contributed by atoms with Gasteiger partial charge in [-0.05, 0) is 26.8 Å². The molecule has 8 heteroatoms. The van der Waals surface area contributed by atoms with E-state index in [2.05, 4.69) is 15.4 Å². The Labute approximate surface area is 127 Å². The second kappa shape index (κ2) is 4.97. The van der Waals surface area contributed by atoms with Gasteiger partial charge in [-0.1, -0.05) is 0 Å². The van der Waals surface area contributed by atoms with Crippen LogP contribution in [0.1, 0.15) is 24.0 Å². The van der Waals surface area contributed by atoms with Gasteiger partial charge in [0.25, 0.3) is 5.91 Å². The summed E-state index contributed by atoms with van der Waals surface area (Å²) in [6.07, 6.45) is 2.95. The molecule has 3 heterocycles. The monoisotopic (exact) mass is 303 g/mol. The van der Waals surface area contributed by atoms with E-state index >= 15 is 0 Å². The Morgan fingerprint density at radius 2 is 2.09 bits per heavy atom. The standard InChI is InChI=1S/C14H17N5O3/c1-9-6-11(10(2)22-9)14(3)12(20)19(13(21)17-14)5-4-18-8-15-7-16-18/h6-8H,4-5H2,1-3H3,(H,17,21). The number of hydrogen-bond donors (Lipinski definition) is 1. The van der Waals surface area contributed by atoms with Crippen LogP contribution >= 0.6 is 0 Å². The van der Waals surface area contributed by atoms with Crippen molar-refractivity contribution in [2.45, 2.75) is 32.9 Å². The number of hydrogen-bond acceptors (Lipinski definition) is 5. The van der Waals surface area contributed by atoms with Crippen LogP contribution in [0.5, 0.6) is 0 Å². The van der Waals surface area contributed by atoms with Crippen LogP contribution in [0.3, 0.4) is 0 Å². The van der Waals surface area contributed by atoms with Crippen molar-refractivity contribution in [3.63, 3.8) is 0 Å². The molecule has 0 radical (unpaired) electrons. The van der Waals surface area contributed by atoms with E-state index in [4.69, 9.17) is 4.42 Å². The highest BCUT2D eigenvalue weighted by Crippen LogP contribution is 2.32. The molecule has 2 aromatic heterocycles. The second-order valence-electron chi connectivity index (χ2n) is 5.50. The Morgan fingerprint density at radius 1 is 1.32 bits per heavy atom. The zero-order chi connectivity index (χ0) is 15.9. The van der Waals surface area contributed by atoms with Crippen LogP contribution in [0.15, 0.2) is 23.1 Å². The lowest BCUT2D eigenvalue weighted by Gasteiger charge is -2.21. The third kappa shape index (κ3) is 2.16. The molecular weight excluding hydrogens is 286 g/mol. The summed E-state index contributed by atoms with van der Waals surface area (Å²) in [5, 5.41) is 6.72. The summed E-state index contributed by atoms with van der Waals surface area (Å²) >= 11 is 0. The molecule has 0 saturated carbocycles. The first-order chi connectivity index (χ1) is 10.4. The average molecular weight is 303 g/mol. The summed E-state index contributed by atoms with van der Waals surface area (Å²) in [5.74, 6) is 1.05. The fourth-order valence-corrected chi connectivity index (χ4v) is 2.76. The SMILES string of the molecule is Cc1cc(C2(C)NC(=O)N(CCn3cncn3)C2=O)c(C)o1. The highest BCUT2D eigenvalue weighted by Gasteiger charge is 2.50. The van der Waals surface area contributed by atoms with Gasteiger partial charge in [-0.25, -0.2) is 9.78 Å². The Morgan fingerprint density at radius 3 is 2.68 bits per heavy atom. The van der Waals surface area contributed by atoms with Crippen molar-refractivity contribution in [2.75, 3.05) is 6.54 Å². The Kier molecular flexibility index (Phi) is 3.23. The number of nitrogens with one attached hydrogen (secondary N) is 1. The number of urea groups is 1. The van der Waals surface area contributed by atoms with E-state index in [9.17, 15) is 9.59 Å². The van der Waals surface area contributed by atoms with E-state index in [1.54, 1.807) is 30.9 Å². The van der Waals surface area contributed by atoms with Gasteiger partial charge in [-0.2, -0.15) is 5.10 Å². The van der Waals surface area contributed by atoms with Crippen molar-refractivity contribution in [3.05, 3.63) is 35.8 Å². The molecule has 0 aliphatic carbocycles. The summed E-state index contributed by atoms with van der Waals surface area (Å²) in [6, 6.07) is 1.37. The van der Waals surface area contributed by atoms with E-state index < -0.39 is 11.6 Å². The lowest BCUT2D eigenvalue weighted by Crippen LogP contribution is -2.41. The van der Waals surface area contributed by atoms with Crippen molar-refractivity contribution in [1.29, 1.82) is 0 Å². The highest BCUT2D eigenvalue weighted by molar-refractivity contribution is 6.07. The molecule has 3 rings (SSSR count). The minimum absolute atomic E-state index is 0.236. The van der Waals surface area contributed by atoms with Gasteiger partial charge in [0.2, 0.25) is 0 Å². The molecule has 116 valence electrons. The number of aromatic nitrogens is 3. The van der Waals surface area contributed by atoms with Gasteiger partial charge in [-0.15, -0.1) is 0 Å². The van der Waals surface area contributed by atoms with Crippen LogP contribution in [0.25, 0.3) is 0 Å². The van der Waals surface area contributed by atoms with Crippen molar-refractivity contribution in [1.82, 2.24) is 25.0 Å². The zero-order valence-corrected chi connectivity index (χ0v) is 12.7. The Bertz CT molecular complexity index is 721. The molecule has 0 spiro atoms. The molecule has 1 N–H and O–H groups in total. The van der Waals surface area contributed by atoms with Gasteiger partial charge in [0.05, 0.1) is 13.1 Å². The van der Waals surface area contributed by atoms with Gasteiger partial charge >= 0.3 is 6.03 Å². The average Bonchev–Trinajstić information content (AvgIpc) is 3.12. The van der Waals surface area contributed by atoms with Crippen LogP contribution in [0.2, 0.25) is 0 Å². The number of imide groups is 1. The summed E-state index contributed by atoms with van der Waals surface area (Å²) in [4.78, 5) is 29.9. The maximum absolute atomic E-state index is 12.7. The van der Waals surface area contributed by atoms with Crippen molar-refractivity contribution in [2.24, 2.45) is 0 Å². The van der Waals surface area contributed by atoms with E-state index in [1.165, 1.54) is 11.2 Å². The van der Waals surface area contributed by atoms with E-state index in [0.717, 1.165) is 0 Å². The Balaban J connectivity index is 1.82. The lowest BCUT2D eigenvalue weighted by atomic mass is 9.92. The number of aryl methyl sites for hydroxylation is 2. The van der Waals surface area contributed by atoms with Gasteiger partial charge in [0.1, 0.15) is 29.7 Å². The number of carbonyl (C=O) groups excluding carboxylic acids is 2. The first kappa shape index (κ1) is 14.3. The first-order valence-corrected chi connectivity index (χ1v) is 6.96. The highest BCUT2D eigenvalue weighted by atomic mass is 16.3. The number of nitrogens with zero attached hydrogens (tertiary/aromatic N) is 4. The predicted octanol–water partition coefficient (Wildman–Crippen LogP) is 0.955. The number of rotatable bonds is 4. The molecule has 1 atom stereocenters. The molecule has 2 aromatic rings. The minimum atomic E-state index is -1.10. The molecular formula is C14H17N5O3. The quantitative estimate of drug-likeness (QED) is 0.849. The Hall–Kier alpha value is -2.64. The third-order valence-electron chi connectivity index (χ3n) is 3.87. The van der Waals surface area contributed by atoms with Crippen molar-refractivity contribution in [3.8, 4) is 0 Å². The molecule has 0 aromatic carbocycles. The molecule has 1 unspecified atom stereocenters. The van der Waals surface area contributed by atoms with E-state index in [-0.39, 0.29) is 12.5 Å². The maximum Gasteiger partial charge on any atom is 0.325 e. The summed E-state index contributed by atoms with van der Waals surface area (Å²) < 4.78 is 7.06. The second-order valence-corrected chi connectivity index (χ2v) is 5.50. The summed E-state index contributed by atoms with van der Waals surface area (Å²) in [7, 11) is 0. The largest absolute Gasteiger partial charge is 0.466 e. The molecule has 1 saturated heterocycles. The minimum Gasteiger partial charge on any atom is -0.466 e. The number of furan rings is 1. The molecule has 3 amide bonds. The van der Waals surface area contributed by atoms with Crippen LogP contribution in [-0.4, -0.2) is 38.1 Å². The van der Waals surface area contributed by atoms with Gasteiger partial charge in [0, 0.05) is 5.56 Å². The van der Waals surface area contributed by atoms with Gasteiger partial charge < -0.3 is 9.73 Å². The fourth-order valence-electron chi connectivity index (χ4n) is 2.76. The van der Waals surface area contributed by atoms with E-state index in [1.807, 2.05) is 6.92 Å². The molecule has 8 nitrogen and oxygen atoms in total. The van der Waals surface area contributed by atoms with Gasteiger partial charge in [0.15, 0.2) is 0 Å². The van der Waals surface area contributed by atoms with Crippen LogP contribution in [-0.2, 0) is 16.9 Å². The van der Waals surface area contributed by atoms with E-state index in [0.29, 0.717) is 23.6 Å². The van der Waals surface area contributed by atoms with Crippen molar-refractivity contribution < 1.29 is 14.0 Å². The summed E-state index contributed by atoms with van der Waals surface area (Å²) in [5.41, 5.74) is -0.409. The topological polar surface area (TPSA) is 93.3 Å². The molecule has 1 fully saturated rings. The zero-order valence-electron chi connectivity index (χ0n) is 12.7. The lowest BCUT2D eigenvalue weighted by molar-refractivity contribution is -0.131. The molecule has 22 heavy (non-hydrogen) atoms. The molecule has 1 aliphatic heterocycles. The summed E-state index contributed by atoms with van der Waals surface area (Å²) in [6.45, 7) is 5.92. The van der Waals surface area contributed by atoms with Gasteiger partial charge in [-0.3, -0.25) is 14.4 Å². The molecule has 1 aliphatic rings. The van der Waals surface area contributed by atoms with Crippen LogP contribution in [0.4, 0.5) is 4.79 Å². The fraction of sp³-hybridized carbons (Fsp3) is 0.429. The number of carbonyl (C=O) groups is 2. The van der Waals surface area contributed by atoms with Crippen LogP contribution in [0, 0.1) is 13.8 Å². The maximum atomic E-state index is 12.7. The number of amides is 3. The molecule has 0 bridgehead atoms. The van der Waals surface area contributed by atoms with Crippen LogP contribution < -0.4 is 5.32 Å². The third-order valence-corrected chi connectivity index (χ3v) is 3.87. The van der Waals surface area contributed by atoms with Crippen molar-refractivity contribution >= 4 is 11.9 Å².